The molecule has 3 rings (SSSR count). The van der Waals surface area contributed by atoms with Crippen LogP contribution in [0.2, 0.25) is 10.0 Å². The Morgan fingerprint density at radius 3 is 2.35 bits per heavy atom. The molecule has 0 aliphatic carbocycles. The zero-order valence-corrected chi connectivity index (χ0v) is 13.8. The number of hydrogen-bond donors (Lipinski definition) is 1. The molecule has 1 atom stereocenters. The molecule has 4 heteroatoms. The molecule has 3 aromatic rings. The van der Waals surface area contributed by atoms with Crippen molar-refractivity contribution in [2.45, 2.75) is 12.3 Å². The number of benzene rings is 2. The van der Waals surface area contributed by atoms with E-state index in [0.717, 1.165) is 11.3 Å². The maximum absolute atomic E-state index is 12.6. The largest absolute Gasteiger partial charge is 0.364 e. The SMILES string of the molecule is O=C(C[C@H](c1ccc[nH]1)c1ccccc1Cl)c1ccc(Cl)cc1. The Morgan fingerprint density at radius 1 is 0.957 bits per heavy atom. The molecule has 0 saturated heterocycles. The monoisotopic (exact) mass is 343 g/mol. The summed E-state index contributed by atoms with van der Waals surface area (Å²) in [6.07, 6.45) is 2.19. The van der Waals surface area contributed by atoms with E-state index < -0.39 is 0 Å². The minimum Gasteiger partial charge on any atom is -0.364 e. The van der Waals surface area contributed by atoms with Gasteiger partial charge in [-0.15, -0.1) is 0 Å². The summed E-state index contributed by atoms with van der Waals surface area (Å²) >= 11 is 12.2. The molecule has 0 unspecified atom stereocenters. The lowest BCUT2D eigenvalue weighted by atomic mass is 9.89. The van der Waals surface area contributed by atoms with Crippen molar-refractivity contribution in [3.8, 4) is 0 Å². The molecule has 1 N–H and O–H groups in total. The molecule has 0 aliphatic heterocycles. The standard InChI is InChI=1S/C19H15Cl2NO/c20-14-9-7-13(8-10-14)19(23)12-16(18-6-3-11-22-18)15-4-1-2-5-17(15)21/h1-11,16,22H,12H2/t16-/m0/s1. The summed E-state index contributed by atoms with van der Waals surface area (Å²) < 4.78 is 0. The Hall–Kier alpha value is -2.03. The van der Waals surface area contributed by atoms with E-state index in [4.69, 9.17) is 23.2 Å². The van der Waals surface area contributed by atoms with Crippen LogP contribution in [0.5, 0.6) is 0 Å². The van der Waals surface area contributed by atoms with Crippen LogP contribution in [0.4, 0.5) is 0 Å². The molecular weight excluding hydrogens is 329 g/mol. The Labute approximate surface area is 145 Å². The number of nitrogens with one attached hydrogen (secondary N) is 1. The summed E-state index contributed by atoms with van der Waals surface area (Å²) in [6, 6.07) is 18.5. The summed E-state index contributed by atoms with van der Waals surface area (Å²) in [6.45, 7) is 0. The molecule has 0 amide bonds. The van der Waals surface area contributed by atoms with Crippen molar-refractivity contribution in [1.29, 1.82) is 0 Å². The number of ketones is 1. The molecule has 0 fully saturated rings. The van der Waals surface area contributed by atoms with E-state index in [1.807, 2.05) is 42.6 Å². The van der Waals surface area contributed by atoms with Gasteiger partial charge in [0, 0.05) is 39.8 Å². The van der Waals surface area contributed by atoms with Crippen molar-refractivity contribution in [3.63, 3.8) is 0 Å². The van der Waals surface area contributed by atoms with Crippen molar-refractivity contribution in [2.24, 2.45) is 0 Å². The maximum atomic E-state index is 12.6. The predicted octanol–water partition coefficient (Wildman–Crippen LogP) is 5.73. The molecule has 2 nitrogen and oxygen atoms in total. The zero-order chi connectivity index (χ0) is 16.2. The van der Waals surface area contributed by atoms with E-state index in [0.29, 0.717) is 22.0 Å². The smallest absolute Gasteiger partial charge is 0.163 e. The third-order valence-electron chi connectivity index (χ3n) is 3.83. The van der Waals surface area contributed by atoms with Gasteiger partial charge in [0.05, 0.1) is 0 Å². The fraction of sp³-hybridized carbons (Fsp3) is 0.105. The van der Waals surface area contributed by atoms with Gasteiger partial charge in [0.25, 0.3) is 0 Å². The van der Waals surface area contributed by atoms with E-state index in [1.54, 1.807) is 24.3 Å². The number of carbonyl (C=O) groups is 1. The molecule has 1 aromatic heterocycles. The fourth-order valence-corrected chi connectivity index (χ4v) is 3.04. The maximum Gasteiger partial charge on any atom is 0.163 e. The lowest BCUT2D eigenvalue weighted by Gasteiger charge is -2.17. The highest BCUT2D eigenvalue weighted by Crippen LogP contribution is 2.33. The molecule has 116 valence electrons. The number of halogens is 2. The van der Waals surface area contributed by atoms with Gasteiger partial charge in [-0.05, 0) is 48.0 Å². The Bertz CT molecular complexity index is 795. The molecule has 23 heavy (non-hydrogen) atoms. The number of rotatable bonds is 5. The van der Waals surface area contributed by atoms with Crippen LogP contribution in [-0.2, 0) is 0 Å². The quantitative estimate of drug-likeness (QED) is 0.590. The van der Waals surface area contributed by atoms with Gasteiger partial charge in [0.1, 0.15) is 0 Å². The Morgan fingerprint density at radius 2 is 1.70 bits per heavy atom. The lowest BCUT2D eigenvalue weighted by Crippen LogP contribution is -2.10. The van der Waals surface area contributed by atoms with E-state index in [9.17, 15) is 4.79 Å². The van der Waals surface area contributed by atoms with Crippen molar-refractivity contribution in [1.82, 2.24) is 4.98 Å². The summed E-state index contributed by atoms with van der Waals surface area (Å²) in [5, 5.41) is 1.28. The van der Waals surface area contributed by atoms with Gasteiger partial charge in [-0.2, -0.15) is 0 Å². The van der Waals surface area contributed by atoms with E-state index >= 15 is 0 Å². The van der Waals surface area contributed by atoms with Crippen molar-refractivity contribution < 1.29 is 4.79 Å². The van der Waals surface area contributed by atoms with Crippen LogP contribution in [0.25, 0.3) is 0 Å². The van der Waals surface area contributed by atoms with Gasteiger partial charge in [0.15, 0.2) is 5.78 Å². The minimum absolute atomic E-state index is 0.0567. The van der Waals surface area contributed by atoms with E-state index in [1.165, 1.54) is 0 Å². The summed E-state index contributed by atoms with van der Waals surface area (Å²) in [5.41, 5.74) is 2.57. The molecule has 1 heterocycles. The van der Waals surface area contributed by atoms with Crippen LogP contribution in [-0.4, -0.2) is 10.8 Å². The van der Waals surface area contributed by atoms with Crippen LogP contribution >= 0.6 is 23.2 Å². The molecule has 0 saturated carbocycles. The molecule has 0 bridgehead atoms. The normalized spacial score (nSPS) is 12.1. The Balaban J connectivity index is 1.92. The number of H-pyrrole nitrogens is 1. The second kappa shape index (κ2) is 7.03. The first kappa shape index (κ1) is 15.9. The van der Waals surface area contributed by atoms with Crippen LogP contribution in [0, 0.1) is 0 Å². The van der Waals surface area contributed by atoms with E-state index in [2.05, 4.69) is 4.98 Å². The minimum atomic E-state index is -0.109. The van der Waals surface area contributed by atoms with E-state index in [-0.39, 0.29) is 11.7 Å². The predicted molar refractivity (Wildman–Crippen MR) is 94.5 cm³/mol. The van der Waals surface area contributed by atoms with Gasteiger partial charge in [-0.3, -0.25) is 4.79 Å². The van der Waals surface area contributed by atoms with Gasteiger partial charge in [-0.25, -0.2) is 0 Å². The van der Waals surface area contributed by atoms with Crippen LogP contribution < -0.4 is 0 Å². The van der Waals surface area contributed by atoms with Gasteiger partial charge in [0.2, 0.25) is 0 Å². The molecule has 0 spiro atoms. The van der Waals surface area contributed by atoms with Crippen molar-refractivity contribution in [2.75, 3.05) is 0 Å². The van der Waals surface area contributed by atoms with Crippen molar-refractivity contribution >= 4 is 29.0 Å². The number of aromatic nitrogens is 1. The summed E-state index contributed by atoms with van der Waals surface area (Å²) in [4.78, 5) is 15.8. The van der Waals surface area contributed by atoms with Gasteiger partial charge in [-0.1, -0.05) is 41.4 Å². The highest BCUT2D eigenvalue weighted by molar-refractivity contribution is 6.31. The molecular formula is C19H15Cl2NO. The molecule has 0 radical (unpaired) electrons. The van der Waals surface area contributed by atoms with Gasteiger partial charge >= 0.3 is 0 Å². The average Bonchev–Trinajstić information content (AvgIpc) is 3.08. The number of carbonyl (C=O) groups excluding carboxylic acids is 1. The second-order valence-electron chi connectivity index (χ2n) is 5.33. The first-order valence-electron chi connectivity index (χ1n) is 7.31. The third-order valence-corrected chi connectivity index (χ3v) is 4.43. The fourth-order valence-electron chi connectivity index (χ4n) is 2.65. The topological polar surface area (TPSA) is 32.9 Å². The third kappa shape index (κ3) is 3.66. The van der Waals surface area contributed by atoms with Crippen LogP contribution in [0.15, 0.2) is 66.9 Å². The molecule has 0 aliphatic rings. The first-order chi connectivity index (χ1) is 11.1. The Kier molecular flexibility index (Phi) is 4.85. The number of aromatic amines is 1. The van der Waals surface area contributed by atoms with Gasteiger partial charge < -0.3 is 4.98 Å². The first-order valence-corrected chi connectivity index (χ1v) is 8.07. The lowest BCUT2D eigenvalue weighted by molar-refractivity contribution is 0.0977. The summed E-state index contributed by atoms with van der Waals surface area (Å²) in [5.74, 6) is -0.0527. The highest BCUT2D eigenvalue weighted by atomic mass is 35.5. The number of Topliss-reactive ketones (excluding diaryl/α,β-unsaturated/α-hetero) is 1. The summed E-state index contributed by atoms with van der Waals surface area (Å²) in [7, 11) is 0. The highest BCUT2D eigenvalue weighted by Gasteiger charge is 2.21. The van der Waals surface area contributed by atoms with Crippen molar-refractivity contribution in [3.05, 3.63) is 93.7 Å². The second-order valence-corrected chi connectivity index (χ2v) is 6.18. The number of hydrogen-bond acceptors (Lipinski definition) is 1. The molecule has 2 aromatic carbocycles. The zero-order valence-electron chi connectivity index (χ0n) is 12.3. The average molecular weight is 344 g/mol. The van der Waals surface area contributed by atoms with Crippen LogP contribution in [0.1, 0.15) is 34.0 Å². The van der Waals surface area contributed by atoms with Crippen LogP contribution in [0.3, 0.4) is 0 Å².